The monoisotopic (exact) mass is 348 g/mol. The van der Waals surface area contributed by atoms with Crippen LogP contribution in [0.1, 0.15) is 11.1 Å². The molecular weight excluding hydrogens is 328 g/mol. The Bertz CT molecular complexity index is 818. The number of amidine groups is 2. The maximum absolute atomic E-state index is 5.49. The standard InChI is InChI=1S/C20H18N4O2/c21-19(22)15-5-9-17(10-6-15)25-13-3-1-2-4-14-26-18-11-7-16(8-12-18)20(23)24/h5-12H,13-14H2,(H3,21,22)(H3,23,24)/p+2. The first-order valence-corrected chi connectivity index (χ1v) is 7.74. The Labute approximate surface area is 152 Å². The first kappa shape index (κ1) is 18.4. The number of hydrogen-bond acceptors (Lipinski definition) is 2. The molecule has 0 saturated carbocycles. The lowest BCUT2D eigenvalue weighted by Gasteiger charge is -2.01. The van der Waals surface area contributed by atoms with Crippen LogP contribution in [-0.4, -0.2) is 24.9 Å². The van der Waals surface area contributed by atoms with E-state index in [0.29, 0.717) is 11.5 Å². The van der Waals surface area contributed by atoms with Gasteiger partial charge in [0, 0.05) is 0 Å². The smallest absolute Gasteiger partial charge is 0.270 e. The first-order valence-electron chi connectivity index (χ1n) is 7.74. The summed E-state index contributed by atoms with van der Waals surface area (Å²) in [5, 5.41) is 11.0. The number of nitrogens with two attached hydrogens (primary N) is 4. The van der Waals surface area contributed by atoms with E-state index in [1.54, 1.807) is 48.5 Å². The average molecular weight is 348 g/mol. The van der Waals surface area contributed by atoms with Crippen LogP contribution in [0.5, 0.6) is 11.5 Å². The number of benzene rings is 2. The normalized spacial score (nSPS) is 9.08. The van der Waals surface area contributed by atoms with Crippen molar-refractivity contribution in [3.05, 3.63) is 59.7 Å². The van der Waals surface area contributed by atoms with Crippen LogP contribution in [0, 0.1) is 23.7 Å². The van der Waals surface area contributed by atoms with E-state index in [2.05, 4.69) is 23.7 Å². The molecule has 6 heteroatoms. The summed E-state index contributed by atoms with van der Waals surface area (Å²) < 4.78 is 10.9. The van der Waals surface area contributed by atoms with Gasteiger partial charge < -0.3 is 9.47 Å². The van der Waals surface area contributed by atoms with Gasteiger partial charge in [-0.25, -0.2) is 0 Å². The Balaban J connectivity index is 1.71. The van der Waals surface area contributed by atoms with E-state index in [9.17, 15) is 0 Å². The second-order valence-corrected chi connectivity index (χ2v) is 5.14. The van der Waals surface area contributed by atoms with Gasteiger partial charge in [-0.1, -0.05) is 0 Å². The highest BCUT2D eigenvalue weighted by molar-refractivity contribution is 5.93. The lowest BCUT2D eigenvalue weighted by molar-refractivity contribution is -0.115. The van der Waals surface area contributed by atoms with Crippen LogP contribution in [0.15, 0.2) is 48.5 Å². The summed E-state index contributed by atoms with van der Waals surface area (Å²) in [6.45, 7) is 0.463. The van der Waals surface area contributed by atoms with Gasteiger partial charge in [-0.2, -0.15) is 0 Å². The molecule has 0 atom stereocenters. The SMILES string of the molecule is NC(=[NH2+])c1ccc(OCC#CC#CCOc2ccc(C(N)=[NH2+])cc2)cc1. The van der Waals surface area contributed by atoms with Crippen molar-refractivity contribution in [1.29, 1.82) is 0 Å². The molecule has 2 aromatic carbocycles. The lowest BCUT2D eigenvalue weighted by Crippen LogP contribution is -2.46. The molecule has 0 amide bonds. The third-order valence-electron chi connectivity index (χ3n) is 3.24. The van der Waals surface area contributed by atoms with Crippen molar-refractivity contribution in [1.82, 2.24) is 0 Å². The number of rotatable bonds is 6. The lowest BCUT2D eigenvalue weighted by atomic mass is 10.2. The van der Waals surface area contributed by atoms with Crippen molar-refractivity contribution in [2.45, 2.75) is 0 Å². The molecule has 130 valence electrons. The molecule has 8 N–H and O–H groups in total. The topological polar surface area (TPSA) is 122 Å². The van der Waals surface area contributed by atoms with Gasteiger partial charge in [-0.05, 0) is 72.2 Å². The van der Waals surface area contributed by atoms with Crippen LogP contribution in [0.25, 0.3) is 0 Å². The largest absolute Gasteiger partial charge is 0.481 e. The third kappa shape index (κ3) is 5.95. The minimum absolute atomic E-state index is 0.231. The molecule has 0 fully saturated rings. The van der Waals surface area contributed by atoms with E-state index < -0.39 is 0 Å². The average Bonchev–Trinajstić information content (AvgIpc) is 2.64. The molecule has 2 rings (SSSR count). The molecule has 0 bridgehead atoms. The second kappa shape index (κ2) is 9.41. The van der Waals surface area contributed by atoms with E-state index in [0.717, 1.165) is 11.1 Å². The molecule has 0 radical (unpaired) electrons. The van der Waals surface area contributed by atoms with Crippen molar-refractivity contribution in [3.63, 3.8) is 0 Å². The molecule has 0 aliphatic rings. The zero-order valence-electron chi connectivity index (χ0n) is 14.2. The van der Waals surface area contributed by atoms with Crippen molar-refractivity contribution >= 4 is 11.7 Å². The highest BCUT2D eigenvalue weighted by Gasteiger charge is 2.01. The summed E-state index contributed by atoms with van der Waals surface area (Å²) in [5.74, 6) is 12.9. The summed E-state index contributed by atoms with van der Waals surface area (Å²) >= 11 is 0. The molecule has 0 aromatic heterocycles. The molecule has 6 nitrogen and oxygen atoms in total. The van der Waals surface area contributed by atoms with Crippen LogP contribution in [0.2, 0.25) is 0 Å². The van der Waals surface area contributed by atoms with Crippen LogP contribution in [0.4, 0.5) is 0 Å². The van der Waals surface area contributed by atoms with E-state index >= 15 is 0 Å². The van der Waals surface area contributed by atoms with Crippen LogP contribution in [0.3, 0.4) is 0 Å². The molecule has 0 saturated heterocycles. The number of hydrogen-bond donors (Lipinski definition) is 4. The molecule has 0 spiro atoms. The van der Waals surface area contributed by atoms with E-state index in [-0.39, 0.29) is 24.9 Å². The first-order chi connectivity index (χ1) is 12.6. The van der Waals surface area contributed by atoms with Gasteiger partial charge >= 0.3 is 0 Å². The summed E-state index contributed by atoms with van der Waals surface area (Å²) in [6.07, 6.45) is 0. The maximum atomic E-state index is 5.49. The van der Waals surface area contributed by atoms with Crippen LogP contribution < -0.4 is 31.8 Å². The van der Waals surface area contributed by atoms with Crippen LogP contribution in [-0.2, 0) is 0 Å². The van der Waals surface area contributed by atoms with Gasteiger partial charge in [0.15, 0.2) is 0 Å². The Morgan fingerprint density at radius 2 is 1.04 bits per heavy atom. The minimum Gasteiger partial charge on any atom is -0.481 e. The zero-order chi connectivity index (χ0) is 18.8. The fourth-order valence-electron chi connectivity index (χ4n) is 1.89. The molecule has 2 aromatic rings. The molecule has 0 aliphatic heterocycles. The molecular formula is C20H20N4O2+2. The molecule has 0 unspecified atom stereocenters. The quantitative estimate of drug-likeness (QED) is 0.276. The minimum atomic E-state index is 0.231. The summed E-state index contributed by atoms with van der Waals surface area (Å²) in [5.41, 5.74) is 12.5. The van der Waals surface area contributed by atoms with Gasteiger partial charge in [-0.15, -0.1) is 0 Å². The number of ether oxygens (including phenoxy) is 2. The van der Waals surface area contributed by atoms with Gasteiger partial charge in [0.05, 0.1) is 11.1 Å². The van der Waals surface area contributed by atoms with Gasteiger partial charge in [0.25, 0.3) is 11.7 Å². The predicted molar refractivity (Wildman–Crippen MR) is 99.9 cm³/mol. The maximum Gasteiger partial charge on any atom is 0.270 e. The molecule has 0 aliphatic carbocycles. The molecule has 26 heavy (non-hydrogen) atoms. The Kier molecular flexibility index (Phi) is 6.67. The van der Waals surface area contributed by atoms with Crippen molar-refractivity contribution in [3.8, 4) is 35.2 Å². The van der Waals surface area contributed by atoms with Gasteiger partial charge in [0.1, 0.15) is 24.7 Å². The van der Waals surface area contributed by atoms with E-state index in [1.807, 2.05) is 0 Å². The zero-order valence-corrected chi connectivity index (χ0v) is 14.2. The predicted octanol–water partition coefficient (Wildman–Crippen LogP) is -1.92. The van der Waals surface area contributed by atoms with Crippen LogP contribution >= 0.6 is 0 Å². The van der Waals surface area contributed by atoms with E-state index in [1.165, 1.54) is 0 Å². The summed E-state index contributed by atoms with van der Waals surface area (Å²) in [4.78, 5) is 0. The van der Waals surface area contributed by atoms with Gasteiger partial charge in [-0.3, -0.25) is 22.3 Å². The molecule has 0 heterocycles. The van der Waals surface area contributed by atoms with Crippen molar-refractivity contribution in [2.24, 2.45) is 11.5 Å². The second-order valence-electron chi connectivity index (χ2n) is 5.14. The Morgan fingerprint density at radius 3 is 1.35 bits per heavy atom. The van der Waals surface area contributed by atoms with Crippen molar-refractivity contribution in [2.75, 3.05) is 13.2 Å². The highest BCUT2D eigenvalue weighted by Crippen LogP contribution is 2.11. The Hall–Kier alpha value is -3.90. The summed E-state index contributed by atoms with van der Waals surface area (Å²) in [6, 6.07) is 14.2. The Morgan fingerprint density at radius 1 is 0.692 bits per heavy atom. The fourth-order valence-corrected chi connectivity index (χ4v) is 1.89. The fraction of sp³-hybridized carbons (Fsp3) is 0.100. The van der Waals surface area contributed by atoms with E-state index in [4.69, 9.17) is 31.8 Å². The van der Waals surface area contributed by atoms with Gasteiger partial charge in [0.2, 0.25) is 0 Å². The third-order valence-corrected chi connectivity index (χ3v) is 3.24. The highest BCUT2D eigenvalue weighted by atomic mass is 16.5. The summed E-state index contributed by atoms with van der Waals surface area (Å²) in [7, 11) is 0. The van der Waals surface area contributed by atoms with Crippen molar-refractivity contribution < 1.29 is 20.3 Å².